The summed E-state index contributed by atoms with van der Waals surface area (Å²) in [7, 11) is 0. The highest BCUT2D eigenvalue weighted by Crippen LogP contribution is 2.22. The highest BCUT2D eigenvalue weighted by Gasteiger charge is 2.23. The predicted octanol–water partition coefficient (Wildman–Crippen LogP) is 2.28. The first kappa shape index (κ1) is 14.1. The average molecular weight is 236 g/mol. The van der Waals surface area contributed by atoms with Gasteiger partial charge in [-0.2, -0.15) is 0 Å². The van der Waals surface area contributed by atoms with E-state index >= 15 is 0 Å². The number of pyridine rings is 1. The molecular formula is C14H24N2O. The smallest absolute Gasteiger partial charge is 0.0446 e. The lowest BCUT2D eigenvalue weighted by Gasteiger charge is -2.31. The number of nitrogens with zero attached hydrogens (tertiary/aromatic N) is 1. The highest BCUT2D eigenvalue weighted by atomic mass is 16.3. The zero-order valence-corrected chi connectivity index (χ0v) is 11.3. The Hall–Kier alpha value is -0.930. The van der Waals surface area contributed by atoms with Gasteiger partial charge in [0.25, 0.3) is 0 Å². The van der Waals surface area contributed by atoms with Crippen LogP contribution in [-0.2, 0) is 6.54 Å². The Balaban J connectivity index is 2.61. The highest BCUT2D eigenvalue weighted by molar-refractivity contribution is 5.21. The fourth-order valence-corrected chi connectivity index (χ4v) is 1.89. The van der Waals surface area contributed by atoms with Crippen LogP contribution >= 0.6 is 0 Å². The van der Waals surface area contributed by atoms with Crippen molar-refractivity contribution < 1.29 is 5.11 Å². The molecule has 0 spiro atoms. The summed E-state index contributed by atoms with van der Waals surface area (Å²) in [6.45, 7) is 9.70. The monoisotopic (exact) mass is 236 g/mol. The van der Waals surface area contributed by atoms with Crippen molar-refractivity contribution in [1.82, 2.24) is 10.3 Å². The first-order valence-corrected chi connectivity index (χ1v) is 6.19. The summed E-state index contributed by atoms with van der Waals surface area (Å²) in [6.07, 6.45) is 4.50. The van der Waals surface area contributed by atoms with Crippen molar-refractivity contribution in [3.63, 3.8) is 0 Å². The molecule has 2 N–H and O–H groups in total. The number of aromatic nitrogens is 1. The van der Waals surface area contributed by atoms with Crippen molar-refractivity contribution in [2.45, 2.75) is 46.7 Å². The van der Waals surface area contributed by atoms with Crippen LogP contribution in [0.15, 0.2) is 18.5 Å². The molecule has 1 heterocycles. The minimum atomic E-state index is 0.152. The Kier molecular flexibility index (Phi) is 5.09. The maximum atomic E-state index is 9.10. The van der Waals surface area contributed by atoms with Gasteiger partial charge in [0.15, 0.2) is 0 Å². The number of aliphatic hydroxyl groups is 1. The topological polar surface area (TPSA) is 45.2 Å². The van der Waals surface area contributed by atoms with Gasteiger partial charge in [-0.25, -0.2) is 0 Å². The van der Waals surface area contributed by atoms with E-state index < -0.39 is 0 Å². The minimum absolute atomic E-state index is 0.152. The largest absolute Gasteiger partial charge is 0.396 e. The van der Waals surface area contributed by atoms with E-state index in [0.717, 1.165) is 13.0 Å². The lowest BCUT2D eigenvalue weighted by atomic mass is 9.85. The standard InChI is InChI=1S/C14H24N2O/c1-11-5-7-15-9-12(11)10-16-13(6-8-17)14(2,3)4/h5,7,9,13,16-17H,6,8,10H2,1-4H3. The quantitative estimate of drug-likeness (QED) is 0.824. The fraction of sp³-hybridized carbons (Fsp3) is 0.643. The van der Waals surface area contributed by atoms with Gasteiger partial charge in [-0.1, -0.05) is 20.8 Å². The molecule has 0 aromatic carbocycles. The van der Waals surface area contributed by atoms with Gasteiger partial charge in [-0.05, 0) is 36.0 Å². The Morgan fingerprint density at radius 3 is 2.65 bits per heavy atom. The zero-order chi connectivity index (χ0) is 12.9. The molecule has 1 aromatic heterocycles. The van der Waals surface area contributed by atoms with Gasteiger partial charge in [0.05, 0.1) is 0 Å². The van der Waals surface area contributed by atoms with Gasteiger partial charge >= 0.3 is 0 Å². The van der Waals surface area contributed by atoms with E-state index in [4.69, 9.17) is 5.11 Å². The van der Waals surface area contributed by atoms with E-state index in [1.807, 2.05) is 18.5 Å². The molecule has 0 aliphatic heterocycles. The normalized spacial score (nSPS) is 13.7. The third kappa shape index (κ3) is 4.44. The van der Waals surface area contributed by atoms with Crippen LogP contribution < -0.4 is 5.32 Å². The summed E-state index contributed by atoms with van der Waals surface area (Å²) in [5.41, 5.74) is 2.63. The van der Waals surface area contributed by atoms with Crippen LogP contribution in [0.3, 0.4) is 0 Å². The molecule has 0 saturated carbocycles. The molecule has 1 aromatic rings. The van der Waals surface area contributed by atoms with Gasteiger partial charge in [-0.15, -0.1) is 0 Å². The van der Waals surface area contributed by atoms with Crippen molar-refractivity contribution >= 4 is 0 Å². The number of aliphatic hydroxyl groups excluding tert-OH is 1. The van der Waals surface area contributed by atoms with Crippen molar-refractivity contribution in [2.75, 3.05) is 6.61 Å². The molecule has 96 valence electrons. The van der Waals surface area contributed by atoms with Crippen LogP contribution in [0.25, 0.3) is 0 Å². The lowest BCUT2D eigenvalue weighted by Crippen LogP contribution is -2.40. The molecule has 1 atom stereocenters. The van der Waals surface area contributed by atoms with Crippen molar-refractivity contribution in [3.8, 4) is 0 Å². The van der Waals surface area contributed by atoms with Gasteiger partial charge in [0.1, 0.15) is 0 Å². The molecule has 17 heavy (non-hydrogen) atoms. The summed E-state index contributed by atoms with van der Waals surface area (Å²) in [5, 5.41) is 12.6. The SMILES string of the molecule is Cc1ccncc1CNC(CCO)C(C)(C)C. The lowest BCUT2D eigenvalue weighted by molar-refractivity contribution is 0.196. The van der Waals surface area contributed by atoms with E-state index in [1.54, 1.807) is 0 Å². The third-order valence-corrected chi connectivity index (χ3v) is 3.15. The second kappa shape index (κ2) is 6.12. The first-order valence-electron chi connectivity index (χ1n) is 6.19. The maximum Gasteiger partial charge on any atom is 0.0446 e. The summed E-state index contributed by atoms with van der Waals surface area (Å²) >= 11 is 0. The molecule has 0 saturated heterocycles. The molecule has 0 amide bonds. The molecule has 3 nitrogen and oxygen atoms in total. The third-order valence-electron chi connectivity index (χ3n) is 3.15. The predicted molar refractivity (Wildman–Crippen MR) is 70.8 cm³/mol. The van der Waals surface area contributed by atoms with E-state index in [-0.39, 0.29) is 12.0 Å². The molecule has 0 radical (unpaired) electrons. The first-order chi connectivity index (χ1) is 7.95. The molecule has 1 unspecified atom stereocenters. The Labute approximate surface area is 104 Å². The second-order valence-electron chi connectivity index (χ2n) is 5.61. The van der Waals surface area contributed by atoms with Crippen LogP contribution in [-0.4, -0.2) is 22.7 Å². The Morgan fingerprint density at radius 1 is 1.41 bits per heavy atom. The molecule has 3 heteroatoms. The second-order valence-corrected chi connectivity index (χ2v) is 5.61. The fourth-order valence-electron chi connectivity index (χ4n) is 1.89. The average Bonchev–Trinajstić information content (AvgIpc) is 2.24. The van der Waals surface area contributed by atoms with E-state index in [0.29, 0.717) is 6.04 Å². The van der Waals surface area contributed by atoms with Gasteiger partial charge < -0.3 is 10.4 Å². The number of hydrogen-bond donors (Lipinski definition) is 2. The summed E-state index contributed by atoms with van der Waals surface area (Å²) in [5.74, 6) is 0. The maximum absolute atomic E-state index is 9.10. The van der Waals surface area contributed by atoms with Crippen molar-refractivity contribution in [1.29, 1.82) is 0 Å². The van der Waals surface area contributed by atoms with Crippen molar-refractivity contribution in [2.24, 2.45) is 5.41 Å². The van der Waals surface area contributed by atoms with E-state index in [9.17, 15) is 0 Å². The van der Waals surface area contributed by atoms with Crippen LogP contribution in [0.2, 0.25) is 0 Å². The zero-order valence-electron chi connectivity index (χ0n) is 11.3. The minimum Gasteiger partial charge on any atom is -0.396 e. The van der Waals surface area contributed by atoms with Gasteiger partial charge in [0.2, 0.25) is 0 Å². The van der Waals surface area contributed by atoms with E-state index in [1.165, 1.54) is 11.1 Å². The molecule has 0 fully saturated rings. The molecule has 1 rings (SSSR count). The van der Waals surface area contributed by atoms with Crippen LogP contribution in [0.4, 0.5) is 0 Å². The summed E-state index contributed by atoms with van der Waals surface area (Å²) in [4.78, 5) is 4.14. The number of rotatable bonds is 5. The van der Waals surface area contributed by atoms with Gasteiger partial charge in [-0.3, -0.25) is 4.98 Å². The van der Waals surface area contributed by atoms with Crippen molar-refractivity contribution in [3.05, 3.63) is 29.6 Å². The van der Waals surface area contributed by atoms with Crippen LogP contribution in [0.5, 0.6) is 0 Å². The van der Waals surface area contributed by atoms with Crippen LogP contribution in [0.1, 0.15) is 38.3 Å². The van der Waals surface area contributed by atoms with Crippen LogP contribution in [0, 0.1) is 12.3 Å². The van der Waals surface area contributed by atoms with E-state index in [2.05, 4.69) is 38.0 Å². The Morgan fingerprint density at radius 2 is 2.12 bits per heavy atom. The molecule has 0 aliphatic rings. The molecular weight excluding hydrogens is 212 g/mol. The molecule has 0 bridgehead atoms. The number of aryl methyl sites for hydroxylation is 1. The molecule has 0 aliphatic carbocycles. The number of nitrogens with one attached hydrogen (secondary N) is 1. The summed E-state index contributed by atoms with van der Waals surface area (Å²) in [6, 6.07) is 2.34. The number of hydrogen-bond acceptors (Lipinski definition) is 3. The Bertz CT molecular complexity index is 344. The summed E-state index contributed by atoms with van der Waals surface area (Å²) < 4.78 is 0. The van der Waals surface area contributed by atoms with Gasteiger partial charge in [0, 0.05) is 31.6 Å².